The third-order valence-electron chi connectivity index (χ3n) is 4.14. The number of rotatable bonds is 7. The number of hydrogen-bond donors (Lipinski definition) is 2. The number of carboxylic acids is 1. The van der Waals surface area contributed by atoms with Gasteiger partial charge in [0.1, 0.15) is 5.75 Å². The fraction of sp³-hybridized carbons (Fsp3) is 0.0476. The summed E-state index contributed by atoms with van der Waals surface area (Å²) in [7, 11) is -2.54. The number of ether oxygens (including phenoxy) is 1. The van der Waals surface area contributed by atoms with Crippen LogP contribution in [0.25, 0.3) is 0 Å². The van der Waals surface area contributed by atoms with Crippen LogP contribution in [0.2, 0.25) is 0 Å². The van der Waals surface area contributed by atoms with Crippen molar-refractivity contribution in [2.45, 2.75) is 4.90 Å². The summed E-state index contributed by atoms with van der Waals surface area (Å²) in [5.74, 6) is -1.52. The molecule has 3 aromatic rings. The fourth-order valence-corrected chi connectivity index (χ4v) is 3.75. The number of nitrogens with one attached hydrogen (secondary N) is 2. The first kappa shape index (κ1) is 20.9. The monoisotopic (exact) mass is 425 g/mol. The second-order valence-corrected chi connectivity index (χ2v) is 7.83. The number of anilines is 2. The lowest BCUT2D eigenvalue weighted by Crippen LogP contribution is -2.22. The molecule has 0 saturated carbocycles. The van der Waals surface area contributed by atoms with E-state index in [0.29, 0.717) is 11.4 Å². The summed E-state index contributed by atoms with van der Waals surface area (Å²) in [4.78, 5) is 23.2. The Kier molecular flexibility index (Phi) is 6.03. The summed E-state index contributed by atoms with van der Waals surface area (Å²) in [5, 5.41) is 13.4. The minimum Gasteiger partial charge on any atom is -0.545 e. The predicted molar refractivity (Wildman–Crippen MR) is 109 cm³/mol. The summed E-state index contributed by atoms with van der Waals surface area (Å²) in [6, 6.07) is 17.5. The molecule has 3 rings (SSSR count). The Hall–Kier alpha value is -3.85. The molecule has 9 heteroatoms. The molecule has 0 spiro atoms. The lowest BCUT2D eigenvalue weighted by atomic mass is 10.2. The Morgan fingerprint density at radius 1 is 0.900 bits per heavy atom. The molecule has 0 bridgehead atoms. The van der Waals surface area contributed by atoms with E-state index in [0.717, 1.165) is 0 Å². The van der Waals surface area contributed by atoms with Crippen LogP contribution >= 0.6 is 0 Å². The molecule has 30 heavy (non-hydrogen) atoms. The van der Waals surface area contributed by atoms with Crippen LogP contribution in [0, 0.1) is 0 Å². The SMILES string of the molecule is COc1ccccc1NS(=O)(=O)c1cccc(C(=O)Nc2ccc(C(=O)[O-])cc2)c1. The van der Waals surface area contributed by atoms with E-state index in [1.165, 1.54) is 55.6 Å². The van der Waals surface area contributed by atoms with Crippen LogP contribution in [0.5, 0.6) is 5.75 Å². The number of hydrogen-bond acceptors (Lipinski definition) is 6. The number of carbonyl (C=O) groups is 2. The highest BCUT2D eigenvalue weighted by molar-refractivity contribution is 7.92. The molecule has 3 aromatic carbocycles. The van der Waals surface area contributed by atoms with Gasteiger partial charge in [-0.05, 0) is 48.0 Å². The summed E-state index contributed by atoms with van der Waals surface area (Å²) in [6.07, 6.45) is 0. The van der Waals surface area contributed by atoms with Gasteiger partial charge in [-0.2, -0.15) is 0 Å². The second-order valence-electron chi connectivity index (χ2n) is 6.15. The minimum atomic E-state index is -3.97. The molecule has 0 aliphatic rings. The van der Waals surface area contributed by atoms with Crippen LogP contribution in [0.3, 0.4) is 0 Å². The van der Waals surface area contributed by atoms with Crippen molar-refractivity contribution >= 4 is 33.3 Å². The van der Waals surface area contributed by atoms with Crippen LogP contribution in [-0.4, -0.2) is 27.4 Å². The van der Waals surface area contributed by atoms with Gasteiger partial charge in [-0.1, -0.05) is 30.3 Å². The van der Waals surface area contributed by atoms with Crippen molar-refractivity contribution in [1.82, 2.24) is 0 Å². The van der Waals surface area contributed by atoms with Crippen molar-refractivity contribution < 1.29 is 27.9 Å². The number of benzene rings is 3. The molecular weight excluding hydrogens is 408 g/mol. The maximum Gasteiger partial charge on any atom is 0.262 e. The molecular formula is C21H17N2O6S-. The first-order chi connectivity index (χ1) is 14.3. The number of carboxylic acid groups (broad SMARTS) is 1. The standard InChI is InChI=1S/C21H18N2O6S/c1-29-19-8-3-2-7-18(19)23-30(27,28)17-6-4-5-15(13-17)20(24)22-16-11-9-14(10-12-16)21(25)26/h2-13,23H,1H3,(H,22,24)(H,25,26)/p-1. The van der Waals surface area contributed by atoms with Gasteiger partial charge in [-0.15, -0.1) is 0 Å². The zero-order chi connectivity index (χ0) is 21.7. The third kappa shape index (κ3) is 4.76. The second kappa shape index (κ2) is 8.66. The van der Waals surface area contributed by atoms with Crippen LogP contribution in [0.1, 0.15) is 20.7 Å². The average Bonchev–Trinajstić information content (AvgIpc) is 2.74. The lowest BCUT2D eigenvalue weighted by molar-refractivity contribution is -0.255. The Morgan fingerprint density at radius 2 is 1.60 bits per heavy atom. The Labute approximate surface area is 173 Å². The van der Waals surface area contributed by atoms with Gasteiger partial charge in [-0.3, -0.25) is 9.52 Å². The van der Waals surface area contributed by atoms with Gasteiger partial charge in [-0.25, -0.2) is 8.42 Å². The van der Waals surface area contributed by atoms with Crippen molar-refractivity contribution in [1.29, 1.82) is 0 Å². The normalized spacial score (nSPS) is 10.8. The van der Waals surface area contributed by atoms with Gasteiger partial charge >= 0.3 is 0 Å². The van der Waals surface area contributed by atoms with E-state index in [1.807, 2.05) is 0 Å². The van der Waals surface area contributed by atoms with E-state index >= 15 is 0 Å². The van der Waals surface area contributed by atoms with Crippen LogP contribution in [-0.2, 0) is 10.0 Å². The van der Waals surface area contributed by atoms with Crippen LogP contribution < -0.4 is 19.9 Å². The highest BCUT2D eigenvalue weighted by Crippen LogP contribution is 2.26. The van der Waals surface area contributed by atoms with Crippen LogP contribution in [0.4, 0.5) is 11.4 Å². The summed E-state index contributed by atoms with van der Waals surface area (Å²) in [5.41, 5.74) is 0.707. The Balaban J connectivity index is 1.80. The molecule has 0 heterocycles. The summed E-state index contributed by atoms with van der Waals surface area (Å²) >= 11 is 0. The van der Waals surface area contributed by atoms with Gasteiger partial charge in [0.2, 0.25) is 0 Å². The quantitative estimate of drug-likeness (QED) is 0.597. The number of carbonyl (C=O) groups excluding carboxylic acids is 2. The summed E-state index contributed by atoms with van der Waals surface area (Å²) in [6.45, 7) is 0. The van der Waals surface area contributed by atoms with Gasteiger partial charge in [0, 0.05) is 11.3 Å². The Bertz CT molecular complexity index is 1190. The van der Waals surface area contributed by atoms with Crippen molar-refractivity contribution in [3.63, 3.8) is 0 Å². The highest BCUT2D eigenvalue weighted by atomic mass is 32.2. The maximum absolute atomic E-state index is 12.7. The van der Waals surface area contributed by atoms with Gasteiger partial charge in [0.25, 0.3) is 15.9 Å². The number of sulfonamides is 1. The number of amides is 1. The van der Waals surface area contributed by atoms with Crippen molar-refractivity contribution in [3.05, 3.63) is 83.9 Å². The molecule has 1 amide bonds. The van der Waals surface area contributed by atoms with Crippen LogP contribution in [0.15, 0.2) is 77.7 Å². The average molecular weight is 425 g/mol. The molecule has 0 atom stereocenters. The number of methoxy groups -OCH3 is 1. The minimum absolute atomic E-state index is 0.0245. The first-order valence-corrected chi connectivity index (χ1v) is 10.2. The molecule has 0 aliphatic heterocycles. The molecule has 0 radical (unpaired) electrons. The molecule has 0 aromatic heterocycles. The zero-order valence-electron chi connectivity index (χ0n) is 15.8. The van der Waals surface area contributed by atoms with Gasteiger partial charge in [0.05, 0.1) is 23.7 Å². The lowest BCUT2D eigenvalue weighted by Gasteiger charge is -2.12. The third-order valence-corrected chi connectivity index (χ3v) is 5.50. The maximum atomic E-state index is 12.7. The first-order valence-electron chi connectivity index (χ1n) is 8.69. The largest absolute Gasteiger partial charge is 0.545 e. The van der Waals surface area contributed by atoms with E-state index < -0.39 is 21.9 Å². The fourth-order valence-electron chi connectivity index (χ4n) is 2.63. The molecule has 0 fully saturated rings. The number of aromatic carboxylic acids is 1. The smallest absolute Gasteiger partial charge is 0.262 e. The molecule has 8 nitrogen and oxygen atoms in total. The van der Waals surface area contributed by atoms with Crippen molar-refractivity contribution in [2.75, 3.05) is 17.1 Å². The van der Waals surface area contributed by atoms with E-state index in [2.05, 4.69) is 10.0 Å². The van der Waals surface area contributed by atoms with Crippen molar-refractivity contribution in [2.24, 2.45) is 0 Å². The molecule has 154 valence electrons. The topological polar surface area (TPSA) is 125 Å². The predicted octanol–water partition coefficient (Wildman–Crippen LogP) is 2.11. The molecule has 0 aliphatic carbocycles. The molecule has 0 unspecified atom stereocenters. The van der Waals surface area contributed by atoms with E-state index in [1.54, 1.807) is 24.3 Å². The molecule has 2 N–H and O–H groups in total. The molecule has 0 saturated heterocycles. The van der Waals surface area contributed by atoms with Crippen molar-refractivity contribution in [3.8, 4) is 5.75 Å². The van der Waals surface area contributed by atoms with Gasteiger partial charge < -0.3 is 20.0 Å². The van der Waals surface area contributed by atoms with Gasteiger partial charge in [0.15, 0.2) is 0 Å². The Morgan fingerprint density at radius 3 is 2.27 bits per heavy atom. The highest BCUT2D eigenvalue weighted by Gasteiger charge is 2.18. The van der Waals surface area contributed by atoms with E-state index in [9.17, 15) is 23.1 Å². The zero-order valence-corrected chi connectivity index (χ0v) is 16.6. The van der Waals surface area contributed by atoms with E-state index in [4.69, 9.17) is 4.74 Å². The number of para-hydroxylation sites is 2. The van der Waals surface area contributed by atoms with E-state index in [-0.39, 0.29) is 21.7 Å². The summed E-state index contributed by atoms with van der Waals surface area (Å²) < 4.78 is 33.1.